The van der Waals surface area contributed by atoms with E-state index in [0.717, 1.165) is 19.3 Å². The molecular weight excluding hydrogens is 316 g/mol. The van der Waals surface area contributed by atoms with Gasteiger partial charge in [-0.05, 0) is 68.3 Å². The highest BCUT2D eigenvalue weighted by molar-refractivity contribution is 5.91. The number of aliphatic hydroxyl groups is 2. The van der Waals surface area contributed by atoms with Gasteiger partial charge in [-0.2, -0.15) is 0 Å². The molecule has 4 heteroatoms. The molecule has 0 bridgehead atoms. The average Bonchev–Trinajstić information content (AvgIpc) is 2.83. The summed E-state index contributed by atoms with van der Waals surface area (Å²) in [6.07, 6.45) is 7.60. The van der Waals surface area contributed by atoms with Crippen LogP contribution in [0.2, 0.25) is 0 Å². The monoisotopic (exact) mass is 346 g/mol. The molecule has 4 nitrogen and oxygen atoms in total. The van der Waals surface area contributed by atoms with E-state index < -0.39 is 17.1 Å². The summed E-state index contributed by atoms with van der Waals surface area (Å²) < 4.78 is 0. The summed E-state index contributed by atoms with van der Waals surface area (Å²) in [5, 5.41) is 22.0. The molecule has 0 aromatic rings. The van der Waals surface area contributed by atoms with Crippen molar-refractivity contribution in [2.75, 3.05) is 0 Å². The lowest BCUT2D eigenvalue weighted by Gasteiger charge is -2.60. The molecule has 2 N–H and O–H groups in total. The van der Waals surface area contributed by atoms with E-state index in [9.17, 15) is 19.8 Å². The second kappa shape index (κ2) is 5.26. The Hall–Kier alpha value is -1.00. The summed E-state index contributed by atoms with van der Waals surface area (Å²) >= 11 is 0. The zero-order valence-electron chi connectivity index (χ0n) is 15.5. The van der Waals surface area contributed by atoms with Crippen LogP contribution in [0.25, 0.3) is 0 Å². The number of carbonyl (C=O) groups excluding carboxylic acids is 2. The maximum absolute atomic E-state index is 12.2. The third-order valence-electron chi connectivity index (χ3n) is 8.80. The summed E-state index contributed by atoms with van der Waals surface area (Å²) in [6.45, 7) is 5.81. The number of fused-ring (bicyclic) bond motifs is 5. The zero-order valence-corrected chi connectivity index (χ0v) is 15.5. The first-order chi connectivity index (χ1) is 11.6. The quantitative estimate of drug-likeness (QED) is 0.765. The Labute approximate surface area is 149 Å². The number of ketones is 2. The Bertz CT molecular complexity index is 654. The summed E-state index contributed by atoms with van der Waals surface area (Å²) in [5.74, 6) is 0.994. The maximum atomic E-state index is 12.2. The SMILES string of the molecule is CC(=O)[C@@]1(O)CC[C@H]2[C@@H]3CC(O)C4CC(=O)C=C[C@]4(C)[C@H]3CC[C@@]21C. The predicted octanol–water partition coefficient (Wildman–Crippen LogP) is 2.67. The largest absolute Gasteiger partial charge is 0.393 e. The van der Waals surface area contributed by atoms with Crippen molar-refractivity contribution in [1.29, 1.82) is 0 Å². The maximum Gasteiger partial charge on any atom is 0.161 e. The van der Waals surface area contributed by atoms with Gasteiger partial charge in [0.15, 0.2) is 11.6 Å². The highest BCUT2D eigenvalue weighted by Gasteiger charge is 2.66. The summed E-state index contributed by atoms with van der Waals surface area (Å²) in [4.78, 5) is 24.1. The molecule has 4 rings (SSSR count). The molecule has 0 aromatic heterocycles. The molecule has 2 unspecified atom stereocenters. The Morgan fingerprint density at radius 2 is 1.84 bits per heavy atom. The van der Waals surface area contributed by atoms with Gasteiger partial charge in [0, 0.05) is 17.8 Å². The van der Waals surface area contributed by atoms with Crippen molar-refractivity contribution in [3.05, 3.63) is 12.2 Å². The zero-order chi connectivity index (χ0) is 18.2. The molecule has 8 atom stereocenters. The van der Waals surface area contributed by atoms with Crippen LogP contribution in [-0.4, -0.2) is 33.5 Å². The van der Waals surface area contributed by atoms with Crippen molar-refractivity contribution in [3.8, 4) is 0 Å². The van der Waals surface area contributed by atoms with Crippen LogP contribution in [0.4, 0.5) is 0 Å². The van der Waals surface area contributed by atoms with E-state index in [1.165, 1.54) is 6.92 Å². The molecule has 3 fully saturated rings. The predicted molar refractivity (Wildman–Crippen MR) is 93.7 cm³/mol. The molecule has 25 heavy (non-hydrogen) atoms. The highest BCUT2D eigenvalue weighted by Crippen LogP contribution is 2.67. The lowest BCUT2D eigenvalue weighted by molar-refractivity contribution is -0.172. The fraction of sp³-hybridized carbons (Fsp3) is 0.810. The highest BCUT2D eigenvalue weighted by atomic mass is 16.3. The summed E-state index contributed by atoms with van der Waals surface area (Å²) in [7, 11) is 0. The number of allylic oxidation sites excluding steroid dienone is 2. The van der Waals surface area contributed by atoms with E-state index in [-0.39, 0.29) is 28.8 Å². The Balaban J connectivity index is 1.73. The third kappa shape index (κ3) is 2.07. The lowest BCUT2D eigenvalue weighted by atomic mass is 9.45. The van der Waals surface area contributed by atoms with Gasteiger partial charge >= 0.3 is 0 Å². The van der Waals surface area contributed by atoms with Crippen molar-refractivity contribution in [1.82, 2.24) is 0 Å². The number of carbonyl (C=O) groups is 2. The Morgan fingerprint density at radius 3 is 2.52 bits per heavy atom. The van der Waals surface area contributed by atoms with Crippen molar-refractivity contribution >= 4 is 11.6 Å². The van der Waals surface area contributed by atoms with Crippen LogP contribution in [0.5, 0.6) is 0 Å². The first-order valence-corrected chi connectivity index (χ1v) is 9.77. The van der Waals surface area contributed by atoms with Gasteiger partial charge in [-0.1, -0.05) is 19.9 Å². The van der Waals surface area contributed by atoms with E-state index >= 15 is 0 Å². The van der Waals surface area contributed by atoms with E-state index in [1.807, 2.05) is 0 Å². The van der Waals surface area contributed by atoms with E-state index in [2.05, 4.69) is 19.9 Å². The van der Waals surface area contributed by atoms with Crippen LogP contribution in [0, 0.1) is 34.5 Å². The minimum absolute atomic E-state index is 0.00343. The van der Waals surface area contributed by atoms with E-state index in [1.54, 1.807) is 6.08 Å². The molecule has 0 amide bonds. The summed E-state index contributed by atoms with van der Waals surface area (Å²) in [6, 6.07) is 0. The third-order valence-corrected chi connectivity index (χ3v) is 8.80. The number of Topliss-reactive ketones (excluding diaryl/α,β-unsaturated/α-hetero) is 1. The van der Waals surface area contributed by atoms with Gasteiger partial charge in [-0.15, -0.1) is 0 Å². The van der Waals surface area contributed by atoms with E-state index in [0.29, 0.717) is 31.1 Å². The van der Waals surface area contributed by atoms with Gasteiger partial charge in [0.05, 0.1) is 6.10 Å². The van der Waals surface area contributed by atoms with E-state index in [4.69, 9.17) is 0 Å². The standard InChI is InChI=1S/C21H30O4/c1-12(22)21(25)9-6-16-14-11-18(24)17-10-13(23)4-7-19(17,2)15(14)5-8-20(16,21)3/h4,7,14-18,24-25H,5-6,8-11H2,1-3H3/t14-,15+,16+,17?,18?,19-,20+,21+/m1/s1. The van der Waals surface area contributed by atoms with Gasteiger partial charge in [0.1, 0.15) is 5.60 Å². The van der Waals surface area contributed by atoms with Gasteiger partial charge in [-0.25, -0.2) is 0 Å². The van der Waals surface area contributed by atoms with Crippen LogP contribution < -0.4 is 0 Å². The molecule has 0 aromatic carbocycles. The van der Waals surface area contributed by atoms with Crippen molar-refractivity contribution in [2.45, 2.75) is 71.0 Å². The molecule has 138 valence electrons. The van der Waals surface area contributed by atoms with Gasteiger partial charge in [-0.3, -0.25) is 9.59 Å². The second-order valence-corrected chi connectivity index (χ2v) is 9.57. The molecule has 0 saturated heterocycles. The van der Waals surface area contributed by atoms with Crippen LogP contribution in [-0.2, 0) is 9.59 Å². The molecule has 3 saturated carbocycles. The first kappa shape index (κ1) is 17.4. The number of hydrogen-bond acceptors (Lipinski definition) is 4. The Kier molecular flexibility index (Phi) is 3.66. The average molecular weight is 346 g/mol. The smallest absolute Gasteiger partial charge is 0.161 e. The van der Waals surface area contributed by atoms with Crippen molar-refractivity contribution in [3.63, 3.8) is 0 Å². The fourth-order valence-electron chi connectivity index (χ4n) is 7.28. The van der Waals surface area contributed by atoms with Crippen molar-refractivity contribution in [2.24, 2.45) is 34.5 Å². The van der Waals surface area contributed by atoms with Crippen LogP contribution >= 0.6 is 0 Å². The van der Waals surface area contributed by atoms with Crippen LogP contribution in [0.15, 0.2) is 12.2 Å². The fourth-order valence-corrected chi connectivity index (χ4v) is 7.28. The van der Waals surface area contributed by atoms with Gasteiger partial charge in [0.2, 0.25) is 0 Å². The molecule has 0 radical (unpaired) electrons. The first-order valence-electron chi connectivity index (χ1n) is 9.77. The topological polar surface area (TPSA) is 74.6 Å². The van der Waals surface area contributed by atoms with Crippen LogP contribution in [0.3, 0.4) is 0 Å². The Morgan fingerprint density at radius 1 is 1.16 bits per heavy atom. The summed E-state index contributed by atoms with van der Waals surface area (Å²) in [5.41, 5.74) is -1.77. The van der Waals surface area contributed by atoms with Crippen LogP contribution in [0.1, 0.15) is 59.3 Å². The lowest BCUT2D eigenvalue weighted by Crippen LogP contribution is -2.60. The minimum Gasteiger partial charge on any atom is -0.393 e. The normalized spacial score (nSPS) is 54.6. The minimum atomic E-state index is -1.22. The molecule has 0 spiro atoms. The molecule has 4 aliphatic rings. The van der Waals surface area contributed by atoms with Gasteiger partial charge in [0.25, 0.3) is 0 Å². The van der Waals surface area contributed by atoms with Gasteiger partial charge < -0.3 is 10.2 Å². The number of hydrogen-bond donors (Lipinski definition) is 2. The number of rotatable bonds is 1. The second-order valence-electron chi connectivity index (χ2n) is 9.57. The van der Waals surface area contributed by atoms with Crippen molar-refractivity contribution < 1.29 is 19.8 Å². The number of aliphatic hydroxyl groups excluding tert-OH is 1. The molecule has 0 aliphatic heterocycles. The molecule has 4 aliphatic carbocycles. The molecule has 0 heterocycles. The molecular formula is C21H30O4.